The molecule has 0 fully saturated rings. The molecule has 0 unspecified atom stereocenters. The normalized spacial score (nSPS) is 11.1. The van der Waals surface area contributed by atoms with Gasteiger partial charge in [0.1, 0.15) is 5.82 Å². The van der Waals surface area contributed by atoms with Gasteiger partial charge in [0.2, 0.25) is 0 Å². The van der Waals surface area contributed by atoms with Crippen molar-refractivity contribution in [2.24, 2.45) is 0 Å². The minimum atomic E-state index is -0.129. The molecule has 6 heteroatoms. The number of nitrogens with zero attached hydrogens (tertiary/aromatic N) is 2. The molecule has 3 N–H and O–H groups in total. The van der Waals surface area contributed by atoms with E-state index in [1.54, 1.807) is 4.40 Å². The van der Waals surface area contributed by atoms with Crippen LogP contribution in [0.1, 0.15) is 5.69 Å². The average Bonchev–Trinajstić information content (AvgIpc) is 2.41. The molecule has 2 aromatic rings. The van der Waals surface area contributed by atoms with Gasteiger partial charge in [-0.1, -0.05) is 0 Å². The number of rotatable bonds is 1. The smallest absolute Gasteiger partial charge is 0.153 e. The number of halogens is 2. The SMILES string of the molecule is Nc1nc2c(Br)cc(Br)cn2c1CO. The summed E-state index contributed by atoms with van der Waals surface area (Å²) in [6, 6.07) is 1.88. The van der Waals surface area contributed by atoms with Crippen molar-refractivity contribution in [3.8, 4) is 0 Å². The highest BCUT2D eigenvalue weighted by atomic mass is 79.9. The van der Waals surface area contributed by atoms with Crippen LogP contribution in [0.25, 0.3) is 5.65 Å². The third-order valence-electron chi connectivity index (χ3n) is 1.92. The van der Waals surface area contributed by atoms with Crippen molar-refractivity contribution in [1.29, 1.82) is 0 Å². The number of nitrogen functional groups attached to an aromatic ring is 1. The second kappa shape index (κ2) is 3.52. The number of imidazole rings is 1. The van der Waals surface area contributed by atoms with Crippen molar-refractivity contribution in [3.63, 3.8) is 0 Å². The Balaban J connectivity index is 2.87. The molecule has 4 nitrogen and oxygen atoms in total. The summed E-state index contributed by atoms with van der Waals surface area (Å²) in [5.74, 6) is 0.353. The lowest BCUT2D eigenvalue weighted by Gasteiger charge is -2.00. The Bertz CT molecular complexity index is 495. The largest absolute Gasteiger partial charge is 0.390 e. The fraction of sp³-hybridized carbons (Fsp3) is 0.125. The van der Waals surface area contributed by atoms with Crippen LogP contribution in [0.2, 0.25) is 0 Å². The third-order valence-corrected chi connectivity index (χ3v) is 2.94. The Morgan fingerprint density at radius 1 is 1.50 bits per heavy atom. The highest BCUT2D eigenvalue weighted by Gasteiger charge is 2.11. The molecule has 14 heavy (non-hydrogen) atoms. The number of nitrogens with two attached hydrogens (primary N) is 1. The lowest BCUT2D eigenvalue weighted by atomic mass is 10.4. The molecular weight excluding hydrogens is 314 g/mol. The Kier molecular flexibility index (Phi) is 2.50. The summed E-state index contributed by atoms with van der Waals surface area (Å²) in [5, 5.41) is 9.12. The summed E-state index contributed by atoms with van der Waals surface area (Å²) in [5.41, 5.74) is 6.96. The maximum Gasteiger partial charge on any atom is 0.153 e. The standard InChI is InChI=1S/C8H7Br2N3O/c9-4-1-5(10)8-12-7(11)6(3-14)13(8)2-4/h1-2,14H,3,11H2. The first-order valence-corrected chi connectivity index (χ1v) is 5.44. The van der Waals surface area contributed by atoms with Crippen LogP contribution in [0.15, 0.2) is 21.2 Å². The Hall–Kier alpha value is -0.590. The lowest BCUT2D eigenvalue weighted by Crippen LogP contribution is -1.96. The molecule has 0 saturated heterocycles. The molecule has 0 spiro atoms. The van der Waals surface area contributed by atoms with E-state index in [1.807, 2.05) is 12.3 Å². The van der Waals surface area contributed by atoms with Crippen LogP contribution in [0.3, 0.4) is 0 Å². The van der Waals surface area contributed by atoms with E-state index in [4.69, 9.17) is 10.8 Å². The fourth-order valence-corrected chi connectivity index (χ4v) is 2.56. The fourth-order valence-electron chi connectivity index (χ4n) is 1.29. The molecule has 2 aromatic heterocycles. The van der Waals surface area contributed by atoms with Gasteiger partial charge in [-0.25, -0.2) is 4.98 Å². The van der Waals surface area contributed by atoms with Gasteiger partial charge >= 0.3 is 0 Å². The predicted octanol–water partition coefficient (Wildman–Crippen LogP) is 1.93. The maximum absolute atomic E-state index is 9.12. The van der Waals surface area contributed by atoms with Crippen LogP contribution >= 0.6 is 31.9 Å². The van der Waals surface area contributed by atoms with Crippen LogP contribution < -0.4 is 5.73 Å². The van der Waals surface area contributed by atoms with Crippen molar-refractivity contribution in [2.75, 3.05) is 5.73 Å². The monoisotopic (exact) mass is 319 g/mol. The molecule has 0 aliphatic rings. The number of aliphatic hydroxyl groups is 1. The summed E-state index contributed by atoms with van der Waals surface area (Å²) in [7, 11) is 0. The zero-order valence-corrected chi connectivity index (χ0v) is 10.2. The summed E-state index contributed by atoms with van der Waals surface area (Å²) in [6.07, 6.45) is 1.81. The molecule has 74 valence electrons. The Morgan fingerprint density at radius 3 is 2.86 bits per heavy atom. The molecule has 0 radical (unpaired) electrons. The van der Waals surface area contributed by atoms with Crippen molar-refractivity contribution < 1.29 is 5.11 Å². The number of fused-ring (bicyclic) bond motifs is 1. The molecule has 0 bridgehead atoms. The summed E-state index contributed by atoms with van der Waals surface area (Å²) >= 11 is 6.73. The highest BCUT2D eigenvalue weighted by Crippen LogP contribution is 2.25. The van der Waals surface area contributed by atoms with E-state index in [0.29, 0.717) is 17.2 Å². The minimum absolute atomic E-state index is 0.129. The van der Waals surface area contributed by atoms with Crippen molar-refractivity contribution >= 4 is 43.3 Å². The molecule has 2 rings (SSSR count). The summed E-state index contributed by atoms with van der Waals surface area (Å²) in [4.78, 5) is 4.14. The van der Waals surface area contributed by atoms with Gasteiger partial charge in [0, 0.05) is 10.7 Å². The zero-order valence-electron chi connectivity index (χ0n) is 7.04. The van der Waals surface area contributed by atoms with Gasteiger partial charge < -0.3 is 10.8 Å². The van der Waals surface area contributed by atoms with E-state index >= 15 is 0 Å². The van der Waals surface area contributed by atoms with E-state index in [2.05, 4.69) is 36.8 Å². The number of pyridine rings is 1. The quantitative estimate of drug-likeness (QED) is 0.844. The van der Waals surface area contributed by atoms with Gasteiger partial charge in [0.15, 0.2) is 5.65 Å². The van der Waals surface area contributed by atoms with Crippen molar-refractivity contribution in [3.05, 3.63) is 26.9 Å². The first-order chi connectivity index (χ1) is 6.63. The summed E-state index contributed by atoms with van der Waals surface area (Å²) in [6.45, 7) is -0.129. The van der Waals surface area contributed by atoms with Crippen LogP contribution in [0.5, 0.6) is 0 Å². The molecule has 0 aromatic carbocycles. The van der Waals surface area contributed by atoms with Crippen molar-refractivity contribution in [2.45, 2.75) is 6.61 Å². The van der Waals surface area contributed by atoms with Crippen LogP contribution in [0.4, 0.5) is 5.82 Å². The second-order valence-electron chi connectivity index (χ2n) is 2.80. The first kappa shape index (κ1) is 9.95. The second-order valence-corrected chi connectivity index (χ2v) is 4.57. The van der Waals surface area contributed by atoms with Gasteiger partial charge in [0.25, 0.3) is 0 Å². The number of aromatic nitrogens is 2. The van der Waals surface area contributed by atoms with E-state index in [9.17, 15) is 0 Å². The topological polar surface area (TPSA) is 63.5 Å². The van der Waals surface area contributed by atoms with Gasteiger partial charge in [-0.3, -0.25) is 4.40 Å². The Labute approximate surface area is 97.0 Å². The highest BCUT2D eigenvalue weighted by molar-refractivity contribution is 9.11. The maximum atomic E-state index is 9.12. The van der Waals surface area contributed by atoms with E-state index < -0.39 is 0 Å². The zero-order chi connectivity index (χ0) is 10.3. The first-order valence-electron chi connectivity index (χ1n) is 3.86. The third kappa shape index (κ3) is 1.43. The lowest BCUT2D eigenvalue weighted by molar-refractivity contribution is 0.276. The molecule has 0 saturated carbocycles. The average molecular weight is 321 g/mol. The molecule has 0 aliphatic heterocycles. The number of hydrogen-bond donors (Lipinski definition) is 2. The van der Waals surface area contributed by atoms with Crippen molar-refractivity contribution in [1.82, 2.24) is 9.38 Å². The van der Waals surface area contributed by atoms with E-state index in [-0.39, 0.29) is 6.61 Å². The Morgan fingerprint density at radius 2 is 2.21 bits per heavy atom. The summed E-state index contributed by atoms with van der Waals surface area (Å²) < 4.78 is 3.48. The van der Waals surface area contributed by atoms with Gasteiger partial charge in [-0.2, -0.15) is 0 Å². The molecule has 0 amide bonds. The molecule has 2 heterocycles. The van der Waals surface area contributed by atoms with E-state index in [1.165, 1.54) is 0 Å². The van der Waals surface area contributed by atoms with Crippen LogP contribution in [0, 0.1) is 0 Å². The van der Waals surface area contributed by atoms with Gasteiger partial charge in [0.05, 0.1) is 16.8 Å². The number of hydrogen-bond acceptors (Lipinski definition) is 3. The molecule has 0 atom stereocenters. The number of aliphatic hydroxyl groups excluding tert-OH is 1. The van der Waals surface area contributed by atoms with Crippen LogP contribution in [-0.4, -0.2) is 14.5 Å². The molecule has 0 aliphatic carbocycles. The van der Waals surface area contributed by atoms with Gasteiger partial charge in [-0.05, 0) is 37.9 Å². The predicted molar refractivity (Wildman–Crippen MR) is 60.9 cm³/mol. The van der Waals surface area contributed by atoms with Crippen LogP contribution in [-0.2, 0) is 6.61 Å². The number of anilines is 1. The van der Waals surface area contributed by atoms with Gasteiger partial charge in [-0.15, -0.1) is 0 Å². The molecular formula is C8H7Br2N3O. The van der Waals surface area contributed by atoms with E-state index in [0.717, 1.165) is 8.95 Å². The minimum Gasteiger partial charge on any atom is -0.390 e.